The van der Waals surface area contributed by atoms with E-state index in [9.17, 15) is 0 Å². The van der Waals surface area contributed by atoms with Crippen molar-refractivity contribution in [2.45, 2.75) is 13.8 Å². The van der Waals surface area contributed by atoms with Gasteiger partial charge in [0.1, 0.15) is 0 Å². The summed E-state index contributed by atoms with van der Waals surface area (Å²) >= 11 is 0. The van der Waals surface area contributed by atoms with Crippen molar-refractivity contribution >= 4 is 5.88 Å². The lowest BCUT2D eigenvalue weighted by atomic mass is 10.5. The molecule has 0 aliphatic heterocycles. The molecule has 0 aliphatic rings. The molecule has 0 spiro atoms. The first-order valence-corrected chi connectivity index (χ1v) is 3.67. The Bertz CT molecular complexity index is 165. The molecule has 0 unspecified atom stereocenters. The maximum absolute atomic E-state index is 5.20. The van der Waals surface area contributed by atoms with Crippen molar-refractivity contribution in [2.24, 2.45) is 0 Å². The van der Waals surface area contributed by atoms with Crippen molar-refractivity contribution in [2.75, 3.05) is 18.0 Å². The zero-order valence-corrected chi connectivity index (χ0v) is 6.50. The van der Waals surface area contributed by atoms with E-state index in [2.05, 4.69) is 18.7 Å². The number of hydrogen-bond acceptors (Lipinski definition) is 2. The third-order valence-electron chi connectivity index (χ3n) is 1.58. The van der Waals surface area contributed by atoms with E-state index in [1.165, 1.54) is 0 Å². The third-order valence-corrected chi connectivity index (χ3v) is 1.58. The summed E-state index contributed by atoms with van der Waals surface area (Å²) in [6, 6.07) is 3.89. The Morgan fingerprint density at radius 1 is 1.40 bits per heavy atom. The van der Waals surface area contributed by atoms with Gasteiger partial charge in [-0.15, -0.1) is 0 Å². The van der Waals surface area contributed by atoms with Crippen LogP contribution < -0.4 is 4.90 Å². The first-order valence-electron chi connectivity index (χ1n) is 3.67. The van der Waals surface area contributed by atoms with Gasteiger partial charge < -0.3 is 9.32 Å². The van der Waals surface area contributed by atoms with E-state index in [0.717, 1.165) is 19.0 Å². The number of nitrogens with zero attached hydrogens (tertiary/aromatic N) is 1. The largest absolute Gasteiger partial charge is 0.449 e. The van der Waals surface area contributed by atoms with E-state index in [1.807, 2.05) is 12.1 Å². The highest BCUT2D eigenvalue weighted by atomic mass is 16.3. The summed E-state index contributed by atoms with van der Waals surface area (Å²) in [5, 5.41) is 0. The second kappa shape index (κ2) is 3.30. The molecule has 0 N–H and O–H groups in total. The summed E-state index contributed by atoms with van der Waals surface area (Å²) in [6.45, 7) is 6.24. The number of anilines is 1. The van der Waals surface area contributed by atoms with Crippen LogP contribution in [0.3, 0.4) is 0 Å². The normalized spacial score (nSPS) is 9.80. The molecular formula is C8H13NO. The van der Waals surface area contributed by atoms with Crippen molar-refractivity contribution in [3.05, 3.63) is 18.4 Å². The summed E-state index contributed by atoms with van der Waals surface area (Å²) in [4.78, 5) is 2.17. The van der Waals surface area contributed by atoms with Gasteiger partial charge in [0.05, 0.1) is 6.26 Å². The van der Waals surface area contributed by atoms with Crippen LogP contribution in [0.1, 0.15) is 13.8 Å². The predicted octanol–water partition coefficient (Wildman–Crippen LogP) is 2.13. The summed E-state index contributed by atoms with van der Waals surface area (Å²) in [6.07, 6.45) is 1.70. The molecule has 0 bridgehead atoms. The van der Waals surface area contributed by atoms with Gasteiger partial charge in [-0.25, -0.2) is 0 Å². The van der Waals surface area contributed by atoms with Crippen LogP contribution in [0.2, 0.25) is 0 Å². The second-order valence-corrected chi connectivity index (χ2v) is 2.12. The minimum atomic E-state index is 0.963. The molecule has 10 heavy (non-hydrogen) atoms. The third kappa shape index (κ3) is 1.32. The Kier molecular flexibility index (Phi) is 2.37. The van der Waals surface area contributed by atoms with E-state index in [4.69, 9.17) is 4.42 Å². The van der Waals surface area contributed by atoms with Crippen LogP contribution in [-0.4, -0.2) is 13.1 Å². The lowest BCUT2D eigenvalue weighted by molar-refractivity contribution is 0.550. The molecule has 0 saturated heterocycles. The Labute approximate surface area is 61.4 Å². The maximum atomic E-state index is 5.20. The van der Waals surface area contributed by atoms with E-state index >= 15 is 0 Å². The van der Waals surface area contributed by atoms with Crippen LogP contribution in [0.5, 0.6) is 0 Å². The second-order valence-electron chi connectivity index (χ2n) is 2.12. The smallest absolute Gasteiger partial charge is 0.195 e. The minimum absolute atomic E-state index is 0.963. The van der Waals surface area contributed by atoms with E-state index in [0.29, 0.717) is 0 Å². The lowest BCUT2D eigenvalue weighted by Crippen LogP contribution is -2.20. The molecule has 1 rings (SSSR count). The van der Waals surface area contributed by atoms with E-state index in [-0.39, 0.29) is 0 Å². The van der Waals surface area contributed by atoms with Gasteiger partial charge in [-0.1, -0.05) is 0 Å². The average molecular weight is 139 g/mol. The summed E-state index contributed by atoms with van der Waals surface area (Å²) < 4.78 is 5.20. The molecule has 0 saturated carbocycles. The summed E-state index contributed by atoms with van der Waals surface area (Å²) in [5.74, 6) is 0.963. The van der Waals surface area contributed by atoms with Crippen LogP contribution in [0, 0.1) is 0 Å². The van der Waals surface area contributed by atoms with Crippen LogP contribution in [-0.2, 0) is 0 Å². The van der Waals surface area contributed by atoms with Crippen molar-refractivity contribution in [3.63, 3.8) is 0 Å². The molecule has 56 valence electrons. The number of hydrogen-bond donors (Lipinski definition) is 0. The Hall–Kier alpha value is -0.920. The molecule has 1 aromatic rings. The quantitative estimate of drug-likeness (QED) is 0.637. The van der Waals surface area contributed by atoms with Gasteiger partial charge >= 0.3 is 0 Å². The first-order chi connectivity index (χ1) is 4.88. The van der Waals surface area contributed by atoms with Crippen molar-refractivity contribution in [3.8, 4) is 0 Å². The molecule has 0 radical (unpaired) electrons. The maximum Gasteiger partial charge on any atom is 0.195 e. The highest BCUT2D eigenvalue weighted by Gasteiger charge is 2.01. The Morgan fingerprint density at radius 2 is 2.10 bits per heavy atom. The fourth-order valence-corrected chi connectivity index (χ4v) is 0.985. The lowest BCUT2D eigenvalue weighted by Gasteiger charge is -2.16. The standard InChI is InChI=1S/C8H13NO/c1-3-9(4-2)8-6-5-7-10-8/h5-7H,3-4H2,1-2H3. The molecule has 0 fully saturated rings. The molecule has 2 nitrogen and oxygen atoms in total. The van der Waals surface area contributed by atoms with Gasteiger partial charge in [-0.2, -0.15) is 0 Å². The number of rotatable bonds is 3. The molecular weight excluding hydrogens is 126 g/mol. The van der Waals surface area contributed by atoms with Gasteiger partial charge in [0.15, 0.2) is 5.88 Å². The first kappa shape index (κ1) is 7.19. The molecule has 1 aromatic heterocycles. The fraction of sp³-hybridized carbons (Fsp3) is 0.500. The molecule has 0 amide bonds. The molecule has 0 aromatic carbocycles. The average Bonchev–Trinajstić information content (AvgIpc) is 2.43. The zero-order valence-electron chi connectivity index (χ0n) is 6.50. The molecule has 2 heteroatoms. The van der Waals surface area contributed by atoms with Gasteiger partial charge in [0.25, 0.3) is 0 Å². The van der Waals surface area contributed by atoms with Crippen LogP contribution in [0.4, 0.5) is 5.88 Å². The molecule has 1 heterocycles. The van der Waals surface area contributed by atoms with E-state index < -0.39 is 0 Å². The van der Waals surface area contributed by atoms with Gasteiger partial charge in [0.2, 0.25) is 0 Å². The highest BCUT2D eigenvalue weighted by Crippen LogP contribution is 2.12. The predicted molar refractivity (Wildman–Crippen MR) is 42.3 cm³/mol. The van der Waals surface area contributed by atoms with Crippen LogP contribution in [0.15, 0.2) is 22.8 Å². The van der Waals surface area contributed by atoms with Crippen molar-refractivity contribution in [1.82, 2.24) is 0 Å². The summed E-state index contributed by atoms with van der Waals surface area (Å²) in [7, 11) is 0. The monoisotopic (exact) mass is 139 g/mol. The topological polar surface area (TPSA) is 16.4 Å². The minimum Gasteiger partial charge on any atom is -0.449 e. The summed E-state index contributed by atoms with van der Waals surface area (Å²) in [5.41, 5.74) is 0. The van der Waals surface area contributed by atoms with Crippen LogP contribution in [0.25, 0.3) is 0 Å². The van der Waals surface area contributed by atoms with Gasteiger partial charge in [0, 0.05) is 19.2 Å². The van der Waals surface area contributed by atoms with E-state index in [1.54, 1.807) is 6.26 Å². The van der Waals surface area contributed by atoms with Crippen molar-refractivity contribution in [1.29, 1.82) is 0 Å². The van der Waals surface area contributed by atoms with Gasteiger partial charge in [-0.05, 0) is 19.9 Å². The Morgan fingerprint density at radius 3 is 2.50 bits per heavy atom. The van der Waals surface area contributed by atoms with Gasteiger partial charge in [-0.3, -0.25) is 0 Å². The van der Waals surface area contributed by atoms with Crippen molar-refractivity contribution < 1.29 is 4.42 Å². The van der Waals surface area contributed by atoms with Crippen LogP contribution >= 0.6 is 0 Å². The zero-order chi connectivity index (χ0) is 7.40. The molecule has 0 aliphatic carbocycles. The number of furan rings is 1. The highest BCUT2D eigenvalue weighted by molar-refractivity contribution is 5.33. The molecule has 0 atom stereocenters. The Balaban J connectivity index is 2.64. The fourth-order valence-electron chi connectivity index (χ4n) is 0.985. The SMILES string of the molecule is CCN(CC)c1ccco1.